The number of nitrogens with one attached hydrogen (secondary N) is 1. The van der Waals surface area contributed by atoms with Gasteiger partial charge in [0.05, 0.1) is 10.9 Å². The van der Waals surface area contributed by atoms with Crippen molar-refractivity contribution < 1.29 is 18.0 Å². The van der Waals surface area contributed by atoms with E-state index in [1.807, 2.05) is 0 Å². The molecule has 1 fully saturated rings. The van der Waals surface area contributed by atoms with Crippen LogP contribution >= 0.6 is 11.6 Å². The third kappa shape index (κ3) is 5.07. The Morgan fingerprint density at radius 3 is 2.68 bits per heavy atom. The van der Waals surface area contributed by atoms with Gasteiger partial charge in [0.2, 0.25) is 0 Å². The van der Waals surface area contributed by atoms with E-state index in [2.05, 4.69) is 9.97 Å². The second-order valence-electron chi connectivity index (χ2n) is 7.59. The molecule has 2 aromatic heterocycles. The Morgan fingerprint density at radius 1 is 1.29 bits per heavy atom. The van der Waals surface area contributed by atoms with E-state index in [0.29, 0.717) is 23.4 Å². The summed E-state index contributed by atoms with van der Waals surface area (Å²) < 4.78 is 39.6. The second-order valence-corrected chi connectivity index (χ2v) is 7.99. The number of rotatable bonds is 2. The first-order valence-corrected chi connectivity index (χ1v) is 10.1. The van der Waals surface area contributed by atoms with Crippen LogP contribution in [-0.4, -0.2) is 21.8 Å². The summed E-state index contributed by atoms with van der Waals surface area (Å²) in [4.78, 5) is 29.0. The molecule has 0 bridgehead atoms. The van der Waals surface area contributed by atoms with Crippen LogP contribution in [0.25, 0.3) is 10.9 Å². The standard InChI is InChI=1S/C13H14ClF3.C9H7N3O2/c1-8-6-9(4-5-13(8,16)17)11-3-2-10(15)7-12(11)14;10-9(14)8-7-5(1-3-12-8)11-4-2-6(7)13/h2-3,7-9H,4-6H2,1H3;1-4H,(H2,10,14)(H,11,13). The Morgan fingerprint density at radius 2 is 2.03 bits per heavy atom. The van der Waals surface area contributed by atoms with Gasteiger partial charge in [-0.1, -0.05) is 24.6 Å². The summed E-state index contributed by atoms with van der Waals surface area (Å²) in [6.45, 7) is 1.56. The van der Waals surface area contributed by atoms with Crippen molar-refractivity contribution in [3.63, 3.8) is 0 Å². The maximum atomic E-state index is 13.4. The van der Waals surface area contributed by atoms with Crippen LogP contribution in [0.1, 0.15) is 48.2 Å². The lowest BCUT2D eigenvalue weighted by Gasteiger charge is -2.34. The molecular weight excluding hydrogens is 431 g/mol. The molecule has 1 amide bonds. The number of primary amides is 1. The molecule has 5 nitrogen and oxygen atoms in total. The maximum Gasteiger partial charge on any atom is 0.268 e. The fourth-order valence-electron chi connectivity index (χ4n) is 3.75. The number of amides is 1. The lowest BCUT2D eigenvalue weighted by Crippen LogP contribution is -2.32. The van der Waals surface area contributed by atoms with Gasteiger partial charge in [-0.3, -0.25) is 14.6 Å². The van der Waals surface area contributed by atoms with Gasteiger partial charge in [-0.15, -0.1) is 0 Å². The summed E-state index contributed by atoms with van der Waals surface area (Å²) in [7, 11) is 0. The maximum absolute atomic E-state index is 13.4. The van der Waals surface area contributed by atoms with Crippen molar-refractivity contribution in [2.75, 3.05) is 0 Å². The van der Waals surface area contributed by atoms with Gasteiger partial charge in [-0.2, -0.15) is 0 Å². The van der Waals surface area contributed by atoms with Crippen LogP contribution in [0.4, 0.5) is 13.2 Å². The summed E-state index contributed by atoms with van der Waals surface area (Å²) in [5, 5.41) is 0.579. The molecule has 1 saturated carbocycles. The highest BCUT2D eigenvalue weighted by Crippen LogP contribution is 2.46. The number of H-pyrrole nitrogens is 1. The monoisotopic (exact) mass is 451 g/mol. The third-order valence-electron chi connectivity index (χ3n) is 5.49. The number of pyridine rings is 2. The topological polar surface area (TPSA) is 88.8 Å². The normalized spacial score (nSPS) is 20.0. The predicted octanol–water partition coefficient (Wildman–Crippen LogP) is 5.04. The van der Waals surface area contributed by atoms with E-state index in [9.17, 15) is 22.8 Å². The molecule has 0 aliphatic heterocycles. The fraction of sp³-hybridized carbons (Fsp3) is 0.318. The van der Waals surface area contributed by atoms with Crippen molar-refractivity contribution in [2.24, 2.45) is 11.7 Å². The fourth-order valence-corrected chi connectivity index (χ4v) is 4.08. The molecule has 2 heterocycles. The second kappa shape index (κ2) is 9.09. The van der Waals surface area contributed by atoms with E-state index in [-0.39, 0.29) is 28.8 Å². The number of benzene rings is 1. The Labute approximate surface area is 181 Å². The molecule has 3 aromatic rings. The first-order chi connectivity index (χ1) is 14.6. The number of aromatic amines is 1. The Bertz CT molecular complexity index is 1160. The van der Waals surface area contributed by atoms with Gasteiger partial charge in [-0.05, 0) is 42.5 Å². The van der Waals surface area contributed by atoms with E-state index in [4.69, 9.17) is 17.3 Å². The molecule has 4 rings (SSSR count). The number of carbonyl (C=O) groups excluding carboxylic acids is 1. The summed E-state index contributed by atoms with van der Waals surface area (Å²) in [5.41, 5.74) is 6.18. The Balaban J connectivity index is 0.000000179. The SMILES string of the molecule is CC1CC(c2ccc(F)cc2Cl)CCC1(F)F.NC(=O)c1nccc2[nH]ccc(=O)c12. The number of nitrogens with two attached hydrogens (primary N) is 1. The van der Waals surface area contributed by atoms with Gasteiger partial charge in [0.1, 0.15) is 11.5 Å². The first kappa shape index (κ1) is 22.8. The average molecular weight is 452 g/mol. The van der Waals surface area contributed by atoms with Crippen molar-refractivity contribution >= 4 is 28.4 Å². The van der Waals surface area contributed by atoms with Crippen LogP contribution in [0.15, 0.2) is 47.5 Å². The van der Waals surface area contributed by atoms with Crippen molar-refractivity contribution in [1.82, 2.24) is 9.97 Å². The minimum Gasteiger partial charge on any atom is -0.364 e. The molecule has 164 valence electrons. The van der Waals surface area contributed by atoms with E-state index < -0.39 is 23.6 Å². The van der Waals surface area contributed by atoms with Gasteiger partial charge >= 0.3 is 0 Å². The highest BCUT2D eigenvalue weighted by molar-refractivity contribution is 6.31. The van der Waals surface area contributed by atoms with Crippen molar-refractivity contribution in [1.29, 1.82) is 0 Å². The Hall–Kier alpha value is -2.87. The van der Waals surface area contributed by atoms with Crippen molar-refractivity contribution in [2.45, 2.75) is 38.0 Å². The molecule has 3 N–H and O–H groups in total. The molecule has 1 aliphatic rings. The average Bonchev–Trinajstić information content (AvgIpc) is 2.71. The number of aromatic nitrogens is 2. The lowest BCUT2D eigenvalue weighted by molar-refractivity contribution is -0.0830. The zero-order valence-electron chi connectivity index (χ0n) is 16.7. The van der Waals surface area contributed by atoms with E-state index in [0.717, 1.165) is 5.56 Å². The Kier molecular flexibility index (Phi) is 6.69. The summed E-state index contributed by atoms with van der Waals surface area (Å²) in [6, 6.07) is 7.13. The van der Waals surface area contributed by atoms with E-state index in [1.54, 1.807) is 19.1 Å². The molecule has 0 radical (unpaired) electrons. The molecule has 31 heavy (non-hydrogen) atoms. The molecule has 9 heteroatoms. The number of carbonyl (C=O) groups is 1. The van der Waals surface area contributed by atoms with Gasteiger partial charge in [0, 0.05) is 35.8 Å². The van der Waals surface area contributed by atoms with Crippen LogP contribution in [0.5, 0.6) is 0 Å². The number of alkyl halides is 2. The molecular formula is C22H21ClF3N3O2. The van der Waals surface area contributed by atoms with Crippen LogP contribution in [0.3, 0.4) is 0 Å². The smallest absolute Gasteiger partial charge is 0.268 e. The third-order valence-corrected chi connectivity index (χ3v) is 5.82. The van der Waals surface area contributed by atoms with Gasteiger partial charge in [0.25, 0.3) is 11.8 Å². The van der Waals surface area contributed by atoms with Crippen molar-refractivity contribution in [3.05, 3.63) is 75.0 Å². The predicted molar refractivity (Wildman–Crippen MR) is 113 cm³/mol. The quantitative estimate of drug-likeness (QED) is 0.572. The molecule has 0 saturated heterocycles. The summed E-state index contributed by atoms with van der Waals surface area (Å²) in [6.07, 6.45) is 3.63. The number of halogens is 4. The molecule has 2 unspecified atom stereocenters. The minimum atomic E-state index is -2.58. The largest absolute Gasteiger partial charge is 0.364 e. The molecule has 0 spiro atoms. The van der Waals surface area contributed by atoms with Crippen LogP contribution in [-0.2, 0) is 0 Å². The number of hydrogen-bond acceptors (Lipinski definition) is 3. The zero-order valence-corrected chi connectivity index (χ0v) is 17.4. The van der Waals surface area contributed by atoms with Crippen LogP contribution in [0, 0.1) is 11.7 Å². The lowest BCUT2D eigenvalue weighted by atomic mass is 9.76. The zero-order chi connectivity index (χ0) is 22.8. The molecule has 2 atom stereocenters. The van der Waals surface area contributed by atoms with Crippen molar-refractivity contribution in [3.8, 4) is 0 Å². The molecule has 1 aromatic carbocycles. The number of nitrogens with zero attached hydrogens (tertiary/aromatic N) is 1. The van der Waals surface area contributed by atoms with E-state index >= 15 is 0 Å². The summed E-state index contributed by atoms with van der Waals surface area (Å²) in [5.74, 6) is -4.32. The first-order valence-electron chi connectivity index (χ1n) is 9.69. The van der Waals surface area contributed by atoms with Crippen LogP contribution in [0.2, 0.25) is 5.02 Å². The molecule has 1 aliphatic carbocycles. The highest BCUT2D eigenvalue weighted by atomic mass is 35.5. The number of hydrogen-bond donors (Lipinski definition) is 2. The highest BCUT2D eigenvalue weighted by Gasteiger charge is 2.42. The van der Waals surface area contributed by atoms with Gasteiger partial charge in [-0.25, -0.2) is 13.2 Å². The van der Waals surface area contributed by atoms with Gasteiger partial charge in [0.15, 0.2) is 5.43 Å². The van der Waals surface area contributed by atoms with E-state index in [1.165, 1.54) is 30.6 Å². The van der Waals surface area contributed by atoms with Gasteiger partial charge < -0.3 is 10.7 Å². The minimum absolute atomic E-state index is 0.00403. The van der Waals surface area contributed by atoms with Crippen LogP contribution < -0.4 is 11.2 Å². The summed E-state index contributed by atoms with van der Waals surface area (Å²) >= 11 is 5.95. The number of fused-ring (bicyclic) bond motifs is 1.